The molecule has 1 fully saturated rings. The van der Waals surface area contributed by atoms with E-state index in [1.807, 2.05) is 19.2 Å². The van der Waals surface area contributed by atoms with Gasteiger partial charge < -0.3 is 20.3 Å². The first-order valence-electron chi connectivity index (χ1n) is 12.2. The average molecular weight is 491 g/mol. The zero-order valence-corrected chi connectivity index (χ0v) is 21.4. The van der Waals surface area contributed by atoms with Crippen molar-refractivity contribution in [3.05, 3.63) is 95.6 Å². The van der Waals surface area contributed by atoms with Crippen molar-refractivity contribution in [2.45, 2.75) is 44.2 Å². The number of hydrogen-bond donors (Lipinski definition) is 2. The third-order valence-corrected chi connectivity index (χ3v) is 6.63. The van der Waals surface area contributed by atoms with Crippen molar-refractivity contribution < 1.29 is 14.0 Å². The van der Waals surface area contributed by atoms with Crippen molar-refractivity contribution >= 4 is 17.9 Å². The maximum absolute atomic E-state index is 12.5. The van der Waals surface area contributed by atoms with Crippen LogP contribution >= 0.6 is 0 Å². The quantitative estimate of drug-likeness (QED) is 0.457. The topological polar surface area (TPSA) is 74.3 Å². The smallest absolute Gasteiger partial charge is 0.255 e. The van der Waals surface area contributed by atoms with E-state index in [2.05, 4.69) is 39.7 Å². The van der Waals surface area contributed by atoms with Crippen LogP contribution in [0.2, 0.25) is 0 Å². The molecule has 2 N–H and O–H groups in total. The Bertz CT molecular complexity index is 1120. The van der Waals surface area contributed by atoms with Crippen LogP contribution < -0.4 is 10.6 Å². The highest BCUT2D eigenvalue weighted by Gasteiger charge is 2.29. The number of benzene rings is 2. The minimum atomic E-state index is -0.520. The fourth-order valence-electron chi connectivity index (χ4n) is 4.37. The molecule has 3 aromatic rings. The summed E-state index contributed by atoms with van der Waals surface area (Å²) in [6.45, 7) is 4.75. The molecule has 0 bridgehead atoms. The SMILES string of the molecule is CC(C)(C=O)c1ccc(F)cc1.CNC(c1ccc(C(=O)Nc2ccncc2)cc1)[C@@H]1CCCN1C. The van der Waals surface area contributed by atoms with Gasteiger partial charge in [-0.15, -0.1) is 0 Å². The molecule has 36 heavy (non-hydrogen) atoms. The first-order chi connectivity index (χ1) is 17.2. The lowest BCUT2D eigenvalue weighted by molar-refractivity contribution is -0.111. The van der Waals surface area contributed by atoms with Crippen LogP contribution in [-0.4, -0.2) is 48.8 Å². The van der Waals surface area contributed by atoms with Crippen molar-refractivity contribution in [3.8, 4) is 0 Å². The molecule has 4 rings (SSSR count). The summed E-state index contributed by atoms with van der Waals surface area (Å²) < 4.78 is 12.5. The lowest BCUT2D eigenvalue weighted by Gasteiger charge is -2.29. The first-order valence-corrected chi connectivity index (χ1v) is 12.2. The molecule has 190 valence electrons. The molecule has 0 saturated carbocycles. The normalized spacial score (nSPS) is 16.5. The number of hydrogen-bond acceptors (Lipinski definition) is 5. The molecule has 1 unspecified atom stereocenters. The number of amides is 1. The summed E-state index contributed by atoms with van der Waals surface area (Å²) in [5, 5.41) is 6.31. The third kappa shape index (κ3) is 7.06. The molecule has 1 aliphatic rings. The molecule has 2 heterocycles. The maximum atomic E-state index is 12.5. The van der Waals surface area contributed by atoms with Crippen molar-refractivity contribution in [1.82, 2.24) is 15.2 Å². The van der Waals surface area contributed by atoms with E-state index in [1.165, 1.54) is 30.5 Å². The Hall–Kier alpha value is -3.42. The highest BCUT2D eigenvalue weighted by Crippen LogP contribution is 2.28. The second-order valence-electron chi connectivity index (χ2n) is 9.61. The number of anilines is 1. The zero-order valence-electron chi connectivity index (χ0n) is 21.4. The van der Waals surface area contributed by atoms with Crippen molar-refractivity contribution in [2.75, 3.05) is 26.0 Å². The monoisotopic (exact) mass is 490 g/mol. The lowest BCUT2D eigenvalue weighted by Crippen LogP contribution is -2.37. The van der Waals surface area contributed by atoms with Gasteiger partial charge in [-0.3, -0.25) is 9.78 Å². The Kier molecular flexibility index (Phi) is 9.44. The molecule has 0 spiro atoms. The summed E-state index contributed by atoms with van der Waals surface area (Å²) in [7, 11) is 4.18. The van der Waals surface area contributed by atoms with Crippen LogP contribution in [0.1, 0.15) is 54.2 Å². The molecule has 0 aliphatic carbocycles. The standard InChI is InChI=1S/C19H24N4O.C10H11FO/c1-20-18(17-4-3-13-23(17)2)14-5-7-15(8-6-14)19(24)22-16-9-11-21-12-10-16;1-10(2,7-12)8-3-5-9(11)6-4-8/h5-12,17-18,20H,3-4,13H2,1-2H3,(H,21,22,24);3-7H,1-2H3/t17-,18?;/m0./s1. The van der Waals surface area contributed by atoms with Gasteiger partial charge >= 0.3 is 0 Å². The van der Waals surface area contributed by atoms with E-state index in [9.17, 15) is 14.0 Å². The zero-order chi connectivity index (χ0) is 26.1. The number of pyridine rings is 1. The minimum absolute atomic E-state index is 0.105. The second kappa shape index (κ2) is 12.5. The number of nitrogens with one attached hydrogen (secondary N) is 2. The van der Waals surface area contributed by atoms with E-state index in [0.717, 1.165) is 24.1 Å². The first kappa shape index (κ1) is 27.2. The highest BCUT2D eigenvalue weighted by atomic mass is 19.1. The fraction of sp³-hybridized carbons (Fsp3) is 0.345. The maximum Gasteiger partial charge on any atom is 0.255 e. The number of carbonyl (C=O) groups is 2. The number of likely N-dealkylation sites (N-methyl/N-ethyl adjacent to an activating group) is 2. The van der Waals surface area contributed by atoms with E-state index >= 15 is 0 Å². The van der Waals surface area contributed by atoms with Crippen molar-refractivity contribution in [3.63, 3.8) is 0 Å². The van der Waals surface area contributed by atoms with Gasteiger partial charge in [0.25, 0.3) is 5.91 Å². The summed E-state index contributed by atoms with van der Waals surface area (Å²) in [4.78, 5) is 29.3. The number of halogens is 1. The Morgan fingerprint density at radius 2 is 1.72 bits per heavy atom. The number of aromatic nitrogens is 1. The molecule has 2 aromatic carbocycles. The predicted octanol–water partition coefficient (Wildman–Crippen LogP) is 4.99. The molecule has 2 atom stereocenters. The number of aldehydes is 1. The Balaban J connectivity index is 0.000000253. The number of nitrogens with zero attached hydrogens (tertiary/aromatic N) is 2. The summed E-state index contributed by atoms with van der Waals surface area (Å²) >= 11 is 0. The fourth-order valence-corrected chi connectivity index (χ4v) is 4.37. The summed E-state index contributed by atoms with van der Waals surface area (Å²) in [6, 6.07) is 18.2. The van der Waals surface area contributed by atoms with E-state index in [1.54, 1.807) is 50.5 Å². The van der Waals surface area contributed by atoms with Crippen LogP contribution in [0.15, 0.2) is 73.1 Å². The van der Waals surface area contributed by atoms with Crippen molar-refractivity contribution in [1.29, 1.82) is 0 Å². The third-order valence-electron chi connectivity index (χ3n) is 6.63. The van der Waals surface area contributed by atoms with Gasteiger partial charge in [-0.1, -0.05) is 24.3 Å². The van der Waals surface area contributed by atoms with Crippen LogP contribution in [-0.2, 0) is 10.2 Å². The second-order valence-corrected chi connectivity index (χ2v) is 9.61. The van der Waals surface area contributed by atoms with Gasteiger partial charge in [-0.25, -0.2) is 4.39 Å². The van der Waals surface area contributed by atoms with Crippen molar-refractivity contribution in [2.24, 2.45) is 0 Å². The van der Waals surface area contributed by atoms with Gasteiger partial charge in [-0.05, 0) is 94.9 Å². The van der Waals surface area contributed by atoms with E-state index in [-0.39, 0.29) is 17.8 Å². The Labute approximate surface area is 212 Å². The molecule has 6 nitrogen and oxygen atoms in total. The molecule has 0 radical (unpaired) electrons. The molecule has 1 aliphatic heterocycles. The molecule has 7 heteroatoms. The lowest BCUT2D eigenvalue weighted by atomic mass is 9.86. The van der Waals surface area contributed by atoms with Gasteiger partial charge in [0.05, 0.1) is 0 Å². The number of rotatable bonds is 7. The summed E-state index contributed by atoms with van der Waals surface area (Å²) in [6.07, 6.45) is 6.63. The number of likely N-dealkylation sites (tertiary alicyclic amines) is 1. The van der Waals surface area contributed by atoms with E-state index < -0.39 is 5.41 Å². The molecule has 1 saturated heterocycles. The van der Waals surface area contributed by atoms with Crippen LogP contribution in [0.25, 0.3) is 0 Å². The molecule has 1 amide bonds. The Morgan fingerprint density at radius 3 is 2.25 bits per heavy atom. The van der Waals surface area contributed by atoms with E-state index in [0.29, 0.717) is 11.6 Å². The van der Waals surface area contributed by atoms with E-state index in [4.69, 9.17) is 0 Å². The molecular formula is C29H35FN4O2. The Morgan fingerprint density at radius 1 is 1.08 bits per heavy atom. The molecule has 1 aromatic heterocycles. The van der Waals surface area contributed by atoms with Crippen LogP contribution in [0.4, 0.5) is 10.1 Å². The van der Waals surface area contributed by atoms with Gasteiger partial charge in [0.2, 0.25) is 0 Å². The number of carbonyl (C=O) groups excluding carboxylic acids is 2. The largest absolute Gasteiger partial charge is 0.322 e. The summed E-state index contributed by atoms with van der Waals surface area (Å²) in [5.74, 6) is -0.382. The highest BCUT2D eigenvalue weighted by molar-refractivity contribution is 6.04. The van der Waals surface area contributed by atoms with Gasteiger partial charge in [0.1, 0.15) is 12.1 Å². The van der Waals surface area contributed by atoms with Crippen LogP contribution in [0.5, 0.6) is 0 Å². The van der Waals surface area contributed by atoms with Crippen LogP contribution in [0.3, 0.4) is 0 Å². The average Bonchev–Trinajstić information content (AvgIpc) is 3.31. The molecular weight excluding hydrogens is 455 g/mol. The van der Waals surface area contributed by atoms with Gasteiger partial charge in [0, 0.05) is 41.1 Å². The minimum Gasteiger partial charge on any atom is -0.322 e. The van der Waals surface area contributed by atoms with Crippen LogP contribution in [0, 0.1) is 5.82 Å². The van der Waals surface area contributed by atoms with Gasteiger partial charge in [0.15, 0.2) is 0 Å². The van der Waals surface area contributed by atoms with Gasteiger partial charge in [-0.2, -0.15) is 0 Å². The summed E-state index contributed by atoms with van der Waals surface area (Å²) in [5.41, 5.74) is 2.94. The predicted molar refractivity (Wildman–Crippen MR) is 142 cm³/mol.